The zero-order valence-electron chi connectivity index (χ0n) is 16.3. The lowest BCUT2D eigenvalue weighted by atomic mass is 10.2. The van der Waals surface area contributed by atoms with Gasteiger partial charge in [-0.3, -0.25) is 4.31 Å². The first-order valence-corrected chi connectivity index (χ1v) is 11.5. The van der Waals surface area contributed by atoms with E-state index in [-0.39, 0.29) is 27.0 Å². The molecular weight excluding hydrogens is 461 g/mol. The number of hydrogen-bond acceptors (Lipinski definition) is 5. The highest BCUT2D eigenvalue weighted by Gasteiger charge is 2.32. The van der Waals surface area contributed by atoms with Crippen molar-refractivity contribution in [3.8, 4) is 11.5 Å². The normalized spacial score (nSPS) is 13.1. The molecule has 0 fully saturated rings. The lowest BCUT2D eigenvalue weighted by Crippen LogP contribution is -2.29. The van der Waals surface area contributed by atoms with E-state index in [9.17, 15) is 13.2 Å². The molecule has 9 heteroatoms. The molecule has 0 atom stereocenters. The second kappa shape index (κ2) is 8.42. The molecule has 0 radical (unpaired) electrons. The quantitative estimate of drug-likeness (QED) is 0.383. The molecule has 31 heavy (non-hydrogen) atoms. The number of hydrogen-bond donors (Lipinski definition) is 0. The molecule has 0 saturated carbocycles. The van der Waals surface area contributed by atoms with E-state index >= 15 is 0 Å². The SMILES string of the molecule is COc1ccc(S(=O)(=O)N2CCc3ccccc32)cc1C(=O)Oc1ccc(Cl)cc1Cl. The maximum absolute atomic E-state index is 13.3. The number of nitrogens with zero attached hydrogens (tertiary/aromatic N) is 1. The van der Waals surface area contributed by atoms with Crippen molar-refractivity contribution in [2.75, 3.05) is 18.0 Å². The molecule has 6 nitrogen and oxygen atoms in total. The summed E-state index contributed by atoms with van der Waals surface area (Å²) in [4.78, 5) is 12.8. The summed E-state index contributed by atoms with van der Waals surface area (Å²) in [5.41, 5.74) is 1.55. The minimum Gasteiger partial charge on any atom is -0.496 e. The van der Waals surface area contributed by atoms with E-state index in [0.717, 1.165) is 5.56 Å². The van der Waals surface area contributed by atoms with Gasteiger partial charge in [0.25, 0.3) is 10.0 Å². The van der Waals surface area contributed by atoms with Crippen LogP contribution in [0.25, 0.3) is 0 Å². The Hall–Kier alpha value is -2.74. The summed E-state index contributed by atoms with van der Waals surface area (Å²) in [5.74, 6) is -0.532. The minimum atomic E-state index is -3.89. The van der Waals surface area contributed by atoms with E-state index in [1.165, 1.54) is 47.8 Å². The molecule has 0 bridgehead atoms. The van der Waals surface area contributed by atoms with E-state index in [0.29, 0.717) is 23.7 Å². The number of ether oxygens (including phenoxy) is 2. The molecule has 0 amide bonds. The first kappa shape index (κ1) is 21.5. The molecule has 0 N–H and O–H groups in total. The lowest BCUT2D eigenvalue weighted by Gasteiger charge is -2.20. The zero-order chi connectivity index (χ0) is 22.2. The fraction of sp³-hybridized carbons (Fsp3) is 0.136. The van der Waals surface area contributed by atoms with Gasteiger partial charge in [0, 0.05) is 11.6 Å². The van der Waals surface area contributed by atoms with Crippen LogP contribution in [0.4, 0.5) is 5.69 Å². The highest BCUT2D eigenvalue weighted by Crippen LogP contribution is 2.34. The number of benzene rings is 3. The van der Waals surface area contributed by atoms with Gasteiger partial charge in [0.15, 0.2) is 0 Å². The van der Waals surface area contributed by atoms with Crippen molar-refractivity contribution in [3.63, 3.8) is 0 Å². The van der Waals surface area contributed by atoms with Crippen molar-refractivity contribution in [2.45, 2.75) is 11.3 Å². The molecule has 1 heterocycles. The Labute approximate surface area is 190 Å². The van der Waals surface area contributed by atoms with Gasteiger partial charge in [-0.1, -0.05) is 41.4 Å². The zero-order valence-corrected chi connectivity index (χ0v) is 18.7. The van der Waals surface area contributed by atoms with Crippen molar-refractivity contribution < 1.29 is 22.7 Å². The number of carbonyl (C=O) groups is 1. The molecule has 0 unspecified atom stereocenters. The summed E-state index contributed by atoms with van der Waals surface area (Å²) >= 11 is 11.9. The van der Waals surface area contributed by atoms with Crippen LogP contribution in [0.1, 0.15) is 15.9 Å². The number of esters is 1. The highest BCUT2D eigenvalue weighted by molar-refractivity contribution is 7.92. The molecule has 0 spiro atoms. The van der Waals surface area contributed by atoms with Gasteiger partial charge < -0.3 is 9.47 Å². The van der Waals surface area contributed by atoms with Gasteiger partial charge in [0.2, 0.25) is 0 Å². The molecular formula is C22H17Cl2NO5S. The smallest absolute Gasteiger partial charge is 0.347 e. The summed E-state index contributed by atoms with van der Waals surface area (Å²) < 4.78 is 38.6. The lowest BCUT2D eigenvalue weighted by molar-refractivity contribution is 0.0731. The number of fused-ring (bicyclic) bond motifs is 1. The van der Waals surface area contributed by atoms with Gasteiger partial charge in [-0.2, -0.15) is 0 Å². The van der Waals surface area contributed by atoms with E-state index in [4.69, 9.17) is 32.7 Å². The standard InChI is InChI=1S/C22H17Cl2NO5S/c1-29-20-9-7-16(31(27,28)25-11-10-14-4-2-3-5-19(14)25)13-17(20)22(26)30-21-8-6-15(23)12-18(21)24/h2-9,12-13H,10-11H2,1H3. The van der Waals surface area contributed by atoms with Crippen molar-refractivity contribution in [3.05, 3.63) is 81.8 Å². The van der Waals surface area contributed by atoms with Crippen LogP contribution < -0.4 is 13.8 Å². The molecule has 1 aliphatic rings. The average Bonchev–Trinajstić information content (AvgIpc) is 3.20. The van der Waals surface area contributed by atoms with Crippen molar-refractivity contribution >= 4 is 44.9 Å². The van der Waals surface area contributed by atoms with Gasteiger partial charge in [-0.25, -0.2) is 13.2 Å². The molecule has 1 aliphatic heterocycles. The Morgan fingerprint density at radius 1 is 1.00 bits per heavy atom. The number of carbonyl (C=O) groups excluding carboxylic acids is 1. The maximum atomic E-state index is 13.3. The molecule has 0 aromatic heterocycles. The Kier molecular flexibility index (Phi) is 5.83. The largest absolute Gasteiger partial charge is 0.496 e. The van der Waals surface area contributed by atoms with Gasteiger partial charge in [-0.15, -0.1) is 0 Å². The number of sulfonamides is 1. The van der Waals surface area contributed by atoms with Crippen LogP contribution >= 0.6 is 23.2 Å². The monoisotopic (exact) mass is 477 g/mol. The third-order valence-corrected chi connectivity index (χ3v) is 7.26. The molecule has 3 aromatic rings. The molecule has 0 saturated heterocycles. The van der Waals surface area contributed by atoms with Gasteiger partial charge >= 0.3 is 5.97 Å². The Balaban J connectivity index is 1.70. The van der Waals surface area contributed by atoms with Gasteiger partial charge in [0.05, 0.1) is 22.7 Å². The second-order valence-electron chi connectivity index (χ2n) is 6.78. The third-order valence-electron chi connectivity index (χ3n) is 4.92. The molecule has 0 aliphatic carbocycles. The van der Waals surface area contributed by atoms with Gasteiger partial charge in [-0.05, 0) is 54.4 Å². The number of anilines is 1. The molecule has 4 rings (SSSR count). The first-order chi connectivity index (χ1) is 14.8. The van der Waals surface area contributed by atoms with Crippen LogP contribution in [-0.4, -0.2) is 28.0 Å². The fourth-order valence-electron chi connectivity index (χ4n) is 3.40. The topological polar surface area (TPSA) is 72.9 Å². The fourth-order valence-corrected chi connectivity index (χ4v) is 5.38. The first-order valence-electron chi connectivity index (χ1n) is 9.27. The second-order valence-corrected chi connectivity index (χ2v) is 9.49. The molecule has 3 aromatic carbocycles. The average molecular weight is 478 g/mol. The number of para-hydroxylation sites is 1. The van der Waals surface area contributed by atoms with Crippen LogP contribution in [0, 0.1) is 0 Å². The van der Waals surface area contributed by atoms with Crippen LogP contribution in [0.5, 0.6) is 11.5 Å². The van der Waals surface area contributed by atoms with Crippen LogP contribution in [-0.2, 0) is 16.4 Å². The van der Waals surface area contributed by atoms with E-state index in [2.05, 4.69) is 0 Å². The van der Waals surface area contributed by atoms with E-state index < -0.39 is 16.0 Å². The summed E-state index contributed by atoms with van der Waals surface area (Å²) in [7, 11) is -2.51. The van der Waals surface area contributed by atoms with Crippen molar-refractivity contribution in [1.82, 2.24) is 0 Å². The Morgan fingerprint density at radius 3 is 2.48 bits per heavy atom. The minimum absolute atomic E-state index is 0.0397. The summed E-state index contributed by atoms with van der Waals surface area (Å²) in [5, 5.41) is 0.540. The Bertz CT molecular complexity index is 1280. The number of methoxy groups -OCH3 is 1. The van der Waals surface area contributed by atoms with Crippen molar-refractivity contribution in [2.24, 2.45) is 0 Å². The summed E-state index contributed by atoms with van der Waals surface area (Å²) in [6.45, 7) is 0.327. The predicted octanol–water partition coefficient (Wildman–Crippen LogP) is 4.97. The Morgan fingerprint density at radius 2 is 1.74 bits per heavy atom. The van der Waals surface area contributed by atoms with Crippen LogP contribution in [0.3, 0.4) is 0 Å². The van der Waals surface area contributed by atoms with Gasteiger partial charge in [0.1, 0.15) is 17.1 Å². The molecule has 160 valence electrons. The number of halogens is 2. The van der Waals surface area contributed by atoms with E-state index in [1.54, 1.807) is 12.1 Å². The summed E-state index contributed by atoms with van der Waals surface area (Å²) in [6.07, 6.45) is 0.621. The predicted molar refractivity (Wildman–Crippen MR) is 119 cm³/mol. The maximum Gasteiger partial charge on any atom is 0.347 e. The van der Waals surface area contributed by atoms with E-state index in [1.807, 2.05) is 12.1 Å². The van der Waals surface area contributed by atoms with Crippen LogP contribution in [0.2, 0.25) is 10.0 Å². The number of rotatable bonds is 5. The summed E-state index contributed by atoms with van der Waals surface area (Å²) in [6, 6.07) is 15.8. The van der Waals surface area contributed by atoms with Crippen LogP contribution in [0.15, 0.2) is 65.6 Å². The van der Waals surface area contributed by atoms with Crippen molar-refractivity contribution in [1.29, 1.82) is 0 Å². The third kappa shape index (κ3) is 4.08. The highest BCUT2D eigenvalue weighted by atomic mass is 35.5.